The summed E-state index contributed by atoms with van der Waals surface area (Å²) in [5.74, 6) is -0.0226. The van der Waals surface area contributed by atoms with Crippen LogP contribution in [0.1, 0.15) is 33.6 Å². The Bertz CT molecular complexity index is 179. The van der Waals surface area contributed by atoms with E-state index in [-0.39, 0.29) is 12.0 Å². The average Bonchev–Trinajstić information content (AvgIpc) is 2.11. The Kier molecular flexibility index (Phi) is 5.72. The highest BCUT2D eigenvalue weighted by Gasteiger charge is 2.24. The SMILES string of the molecule is CC(O)CCCNC(=O)C(C)(C)CN. The zero-order valence-electron chi connectivity index (χ0n) is 9.34. The van der Waals surface area contributed by atoms with Crippen LogP contribution in [0.3, 0.4) is 0 Å². The largest absolute Gasteiger partial charge is 0.393 e. The molecule has 0 saturated heterocycles. The summed E-state index contributed by atoms with van der Waals surface area (Å²) in [5, 5.41) is 11.8. The zero-order valence-corrected chi connectivity index (χ0v) is 9.34. The standard InChI is InChI=1S/C10H22N2O2/c1-8(13)5-4-6-12-9(14)10(2,3)7-11/h8,13H,4-7,11H2,1-3H3,(H,12,14). The molecule has 0 spiro atoms. The molecule has 0 rings (SSSR count). The number of carbonyl (C=O) groups excluding carboxylic acids is 1. The van der Waals surface area contributed by atoms with Crippen LogP contribution in [-0.2, 0) is 4.79 Å². The first-order valence-electron chi connectivity index (χ1n) is 5.06. The van der Waals surface area contributed by atoms with Gasteiger partial charge in [-0.2, -0.15) is 0 Å². The minimum absolute atomic E-state index is 0.0226. The third-order valence-electron chi connectivity index (χ3n) is 2.21. The van der Waals surface area contributed by atoms with Gasteiger partial charge in [0.25, 0.3) is 0 Å². The van der Waals surface area contributed by atoms with E-state index >= 15 is 0 Å². The van der Waals surface area contributed by atoms with Crippen LogP contribution in [0.5, 0.6) is 0 Å². The molecule has 0 aliphatic heterocycles. The van der Waals surface area contributed by atoms with Gasteiger partial charge in [0, 0.05) is 13.1 Å². The Labute approximate surface area is 85.9 Å². The lowest BCUT2D eigenvalue weighted by atomic mass is 9.93. The molecule has 1 amide bonds. The van der Waals surface area contributed by atoms with Gasteiger partial charge in [0.1, 0.15) is 0 Å². The number of aliphatic hydroxyl groups excluding tert-OH is 1. The van der Waals surface area contributed by atoms with Crippen LogP contribution in [0.25, 0.3) is 0 Å². The van der Waals surface area contributed by atoms with Gasteiger partial charge in [-0.25, -0.2) is 0 Å². The summed E-state index contributed by atoms with van der Waals surface area (Å²) in [7, 11) is 0. The average molecular weight is 202 g/mol. The zero-order chi connectivity index (χ0) is 11.2. The predicted molar refractivity (Wildman–Crippen MR) is 56.8 cm³/mol. The van der Waals surface area contributed by atoms with Crippen molar-refractivity contribution in [3.8, 4) is 0 Å². The maximum absolute atomic E-state index is 11.5. The number of nitrogens with two attached hydrogens (primary N) is 1. The van der Waals surface area contributed by atoms with E-state index < -0.39 is 5.41 Å². The number of hydrogen-bond donors (Lipinski definition) is 3. The molecule has 0 aromatic rings. The van der Waals surface area contributed by atoms with Gasteiger partial charge in [-0.15, -0.1) is 0 Å². The lowest BCUT2D eigenvalue weighted by Crippen LogP contribution is -2.42. The van der Waals surface area contributed by atoms with Gasteiger partial charge < -0.3 is 16.2 Å². The van der Waals surface area contributed by atoms with E-state index in [9.17, 15) is 4.79 Å². The number of carbonyl (C=O) groups is 1. The number of amides is 1. The van der Waals surface area contributed by atoms with Crippen LogP contribution in [-0.4, -0.2) is 30.2 Å². The summed E-state index contributed by atoms with van der Waals surface area (Å²) in [6, 6.07) is 0. The van der Waals surface area contributed by atoms with E-state index in [4.69, 9.17) is 10.8 Å². The highest BCUT2D eigenvalue weighted by atomic mass is 16.3. The fourth-order valence-corrected chi connectivity index (χ4v) is 0.931. The predicted octanol–water partition coefficient (Wildman–Crippen LogP) is 0.249. The van der Waals surface area contributed by atoms with Gasteiger partial charge >= 0.3 is 0 Å². The molecule has 0 bridgehead atoms. The normalized spacial score (nSPS) is 13.8. The van der Waals surface area contributed by atoms with E-state index in [1.165, 1.54) is 0 Å². The Morgan fingerprint density at radius 2 is 2.14 bits per heavy atom. The molecule has 4 nitrogen and oxygen atoms in total. The van der Waals surface area contributed by atoms with Crippen molar-refractivity contribution >= 4 is 5.91 Å². The number of hydrogen-bond acceptors (Lipinski definition) is 3. The Hall–Kier alpha value is -0.610. The number of aliphatic hydroxyl groups is 1. The van der Waals surface area contributed by atoms with E-state index in [0.717, 1.165) is 6.42 Å². The molecular weight excluding hydrogens is 180 g/mol. The van der Waals surface area contributed by atoms with Crippen molar-refractivity contribution in [1.29, 1.82) is 0 Å². The van der Waals surface area contributed by atoms with Crippen molar-refractivity contribution in [3.05, 3.63) is 0 Å². The molecule has 0 fully saturated rings. The quantitative estimate of drug-likeness (QED) is 0.540. The first-order chi connectivity index (χ1) is 6.40. The Morgan fingerprint density at radius 1 is 1.57 bits per heavy atom. The fraction of sp³-hybridized carbons (Fsp3) is 0.900. The molecule has 14 heavy (non-hydrogen) atoms. The molecule has 0 aliphatic rings. The fourth-order valence-electron chi connectivity index (χ4n) is 0.931. The van der Waals surface area contributed by atoms with Gasteiger partial charge in [0.05, 0.1) is 11.5 Å². The molecule has 0 radical (unpaired) electrons. The molecule has 84 valence electrons. The van der Waals surface area contributed by atoms with Crippen molar-refractivity contribution in [2.75, 3.05) is 13.1 Å². The smallest absolute Gasteiger partial charge is 0.226 e. The molecule has 0 aromatic carbocycles. The van der Waals surface area contributed by atoms with Gasteiger partial charge in [0.2, 0.25) is 5.91 Å². The van der Waals surface area contributed by atoms with Gasteiger partial charge in [0.15, 0.2) is 0 Å². The number of rotatable bonds is 6. The molecule has 0 saturated carbocycles. The summed E-state index contributed by atoms with van der Waals surface area (Å²) in [5.41, 5.74) is 4.96. The van der Waals surface area contributed by atoms with Crippen molar-refractivity contribution in [1.82, 2.24) is 5.32 Å². The van der Waals surface area contributed by atoms with E-state index in [0.29, 0.717) is 19.5 Å². The van der Waals surface area contributed by atoms with Crippen LogP contribution >= 0.6 is 0 Å². The summed E-state index contributed by atoms with van der Waals surface area (Å²) < 4.78 is 0. The highest BCUT2D eigenvalue weighted by Crippen LogP contribution is 2.11. The van der Waals surface area contributed by atoms with Crippen LogP contribution in [0.2, 0.25) is 0 Å². The molecule has 0 aliphatic carbocycles. The molecule has 0 heterocycles. The van der Waals surface area contributed by atoms with Crippen LogP contribution in [0, 0.1) is 5.41 Å². The Balaban J connectivity index is 3.64. The van der Waals surface area contributed by atoms with Gasteiger partial charge in [-0.1, -0.05) is 0 Å². The monoisotopic (exact) mass is 202 g/mol. The first-order valence-corrected chi connectivity index (χ1v) is 5.06. The van der Waals surface area contributed by atoms with E-state index in [2.05, 4.69) is 5.32 Å². The minimum Gasteiger partial charge on any atom is -0.393 e. The molecule has 4 heteroatoms. The van der Waals surface area contributed by atoms with Crippen molar-refractivity contribution in [2.45, 2.75) is 39.7 Å². The second kappa shape index (κ2) is 5.98. The second-order valence-electron chi connectivity index (χ2n) is 4.34. The minimum atomic E-state index is -0.495. The third-order valence-corrected chi connectivity index (χ3v) is 2.21. The van der Waals surface area contributed by atoms with E-state index in [1.807, 2.05) is 13.8 Å². The molecular formula is C10H22N2O2. The molecule has 1 atom stereocenters. The summed E-state index contributed by atoms with van der Waals surface area (Å²) in [4.78, 5) is 11.5. The lowest BCUT2D eigenvalue weighted by Gasteiger charge is -2.21. The highest BCUT2D eigenvalue weighted by molar-refractivity contribution is 5.81. The van der Waals surface area contributed by atoms with Crippen molar-refractivity contribution < 1.29 is 9.90 Å². The van der Waals surface area contributed by atoms with Gasteiger partial charge in [-0.05, 0) is 33.6 Å². The van der Waals surface area contributed by atoms with Crippen molar-refractivity contribution in [3.63, 3.8) is 0 Å². The summed E-state index contributed by atoms with van der Waals surface area (Å²) >= 11 is 0. The summed E-state index contributed by atoms with van der Waals surface area (Å²) in [6.45, 7) is 6.32. The molecule has 0 aromatic heterocycles. The lowest BCUT2D eigenvalue weighted by molar-refractivity contribution is -0.128. The maximum atomic E-state index is 11.5. The summed E-state index contributed by atoms with van der Waals surface area (Å²) in [6.07, 6.45) is 1.21. The van der Waals surface area contributed by atoms with Gasteiger partial charge in [-0.3, -0.25) is 4.79 Å². The topological polar surface area (TPSA) is 75.3 Å². The van der Waals surface area contributed by atoms with Crippen LogP contribution in [0.15, 0.2) is 0 Å². The first kappa shape index (κ1) is 13.4. The maximum Gasteiger partial charge on any atom is 0.226 e. The van der Waals surface area contributed by atoms with Crippen LogP contribution in [0.4, 0.5) is 0 Å². The Morgan fingerprint density at radius 3 is 2.57 bits per heavy atom. The van der Waals surface area contributed by atoms with Crippen molar-refractivity contribution in [2.24, 2.45) is 11.1 Å². The molecule has 1 unspecified atom stereocenters. The number of nitrogens with one attached hydrogen (secondary N) is 1. The van der Waals surface area contributed by atoms with Crippen LogP contribution < -0.4 is 11.1 Å². The second-order valence-corrected chi connectivity index (χ2v) is 4.34. The van der Waals surface area contributed by atoms with E-state index in [1.54, 1.807) is 6.92 Å². The molecule has 4 N–H and O–H groups in total. The third kappa shape index (κ3) is 5.19.